The number of ether oxygens (including phenoxy) is 2. The lowest BCUT2D eigenvalue weighted by atomic mass is 9.92. The summed E-state index contributed by atoms with van der Waals surface area (Å²) >= 11 is 0. The standard InChI is InChI=1S/C16H22O5/c1-3-20-15(18)11-14(17)13(16(19)21-4-2)10-12-8-6-5-7-9-12/h5-9,13-14,17H,3-4,10-11H2,1-2H3/t13-,14-/m1/s1. The molecule has 0 fully saturated rings. The summed E-state index contributed by atoms with van der Waals surface area (Å²) in [4.78, 5) is 23.5. The van der Waals surface area contributed by atoms with Gasteiger partial charge in [0.1, 0.15) is 0 Å². The summed E-state index contributed by atoms with van der Waals surface area (Å²) in [7, 11) is 0. The van der Waals surface area contributed by atoms with Crippen molar-refractivity contribution in [3.05, 3.63) is 35.9 Å². The average Bonchev–Trinajstić information content (AvgIpc) is 2.46. The first-order chi connectivity index (χ1) is 10.1. The molecule has 0 heterocycles. The van der Waals surface area contributed by atoms with Crippen LogP contribution in [0.4, 0.5) is 0 Å². The molecule has 0 aliphatic carbocycles. The number of rotatable bonds is 8. The monoisotopic (exact) mass is 294 g/mol. The van der Waals surface area contributed by atoms with Crippen LogP contribution in [0, 0.1) is 5.92 Å². The van der Waals surface area contributed by atoms with Gasteiger partial charge in [0.15, 0.2) is 0 Å². The fourth-order valence-electron chi connectivity index (χ4n) is 2.03. The summed E-state index contributed by atoms with van der Waals surface area (Å²) in [6, 6.07) is 9.31. The molecule has 21 heavy (non-hydrogen) atoms. The highest BCUT2D eigenvalue weighted by Crippen LogP contribution is 2.17. The Balaban J connectivity index is 2.76. The molecule has 5 nitrogen and oxygen atoms in total. The molecule has 1 aromatic carbocycles. The highest BCUT2D eigenvalue weighted by Gasteiger charge is 2.30. The second-order valence-electron chi connectivity index (χ2n) is 4.62. The molecule has 0 aliphatic rings. The van der Waals surface area contributed by atoms with Crippen molar-refractivity contribution in [3.8, 4) is 0 Å². The molecule has 1 aromatic rings. The van der Waals surface area contributed by atoms with Gasteiger partial charge >= 0.3 is 11.9 Å². The first-order valence-electron chi connectivity index (χ1n) is 7.12. The van der Waals surface area contributed by atoms with Crippen molar-refractivity contribution < 1.29 is 24.2 Å². The summed E-state index contributed by atoms with van der Waals surface area (Å²) in [6.07, 6.45) is -1.02. The van der Waals surface area contributed by atoms with E-state index in [-0.39, 0.29) is 19.6 Å². The van der Waals surface area contributed by atoms with Crippen LogP contribution in [-0.2, 0) is 25.5 Å². The molecule has 0 amide bonds. The maximum Gasteiger partial charge on any atom is 0.311 e. The number of aliphatic hydroxyl groups is 1. The Labute approximate surface area is 124 Å². The van der Waals surface area contributed by atoms with Gasteiger partial charge in [0.2, 0.25) is 0 Å². The third kappa shape index (κ3) is 5.95. The number of carbonyl (C=O) groups excluding carboxylic acids is 2. The zero-order chi connectivity index (χ0) is 15.7. The molecule has 0 bridgehead atoms. The van der Waals surface area contributed by atoms with Crippen LogP contribution in [0.1, 0.15) is 25.8 Å². The second kappa shape index (κ2) is 9.13. The fourth-order valence-corrected chi connectivity index (χ4v) is 2.03. The summed E-state index contributed by atoms with van der Waals surface area (Å²) in [6.45, 7) is 3.87. The highest BCUT2D eigenvalue weighted by molar-refractivity contribution is 5.76. The van der Waals surface area contributed by atoms with Gasteiger partial charge < -0.3 is 14.6 Å². The van der Waals surface area contributed by atoms with Crippen LogP contribution < -0.4 is 0 Å². The normalized spacial score (nSPS) is 13.3. The Kier molecular flexibility index (Phi) is 7.46. The molecule has 1 N–H and O–H groups in total. The summed E-state index contributed by atoms with van der Waals surface area (Å²) < 4.78 is 9.79. The van der Waals surface area contributed by atoms with Crippen molar-refractivity contribution in [1.82, 2.24) is 0 Å². The molecule has 0 aliphatic heterocycles. The summed E-state index contributed by atoms with van der Waals surface area (Å²) in [5.41, 5.74) is 0.901. The van der Waals surface area contributed by atoms with Crippen molar-refractivity contribution in [3.63, 3.8) is 0 Å². The summed E-state index contributed by atoms with van der Waals surface area (Å²) in [5.74, 6) is -1.80. The van der Waals surface area contributed by atoms with Gasteiger partial charge in [-0.25, -0.2) is 0 Å². The largest absolute Gasteiger partial charge is 0.466 e. The lowest BCUT2D eigenvalue weighted by Gasteiger charge is -2.20. The van der Waals surface area contributed by atoms with E-state index in [1.807, 2.05) is 30.3 Å². The molecule has 1 rings (SSSR count). The van der Waals surface area contributed by atoms with Gasteiger partial charge in [0.05, 0.1) is 31.7 Å². The molecule has 5 heteroatoms. The number of carbonyl (C=O) groups is 2. The van der Waals surface area contributed by atoms with Crippen LogP contribution in [0.3, 0.4) is 0 Å². The Morgan fingerprint density at radius 1 is 1.10 bits per heavy atom. The molecule has 0 aromatic heterocycles. The number of esters is 2. The van der Waals surface area contributed by atoms with Gasteiger partial charge in [0.25, 0.3) is 0 Å². The van der Waals surface area contributed by atoms with Gasteiger partial charge in [-0.3, -0.25) is 9.59 Å². The first-order valence-corrected chi connectivity index (χ1v) is 7.12. The third-order valence-electron chi connectivity index (χ3n) is 3.03. The smallest absolute Gasteiger partial charge is 0.311 e. The molecular formula is C16H22O5. The van der Waals surface area contributed by atoms with E-state index in [0.717, 1.165) is 5.56 Å². The van der Waals surface area contributed by atoms with Gasteiger partial charge in [-0.15, -0.1) is 0 Å². The number of benzene rings is 1. The first kappa shape index (κ1) is 17.2. The van der Waals surface area contributed by atoms with Crippen LogP contribution in [0.25, 0.3) is 0 Å². The Hall–Kier alpha value is -1.88. The Morgan fingerprint density at radius 2 is 1.71 bits per heavy atom. The molecule has 0 radical (unpaired) electrons. The van der Waals surface area contributed by atoms with Crippen LogP contribution >= 0.6 is 0 Å². The molecule has 0 saturated heterocycles. The molecule has 2 atom stereocenters. The van der Waals surface area contributed by atoms with E-state index in [2.05, 4.69) is 0 Å². The predicted molar refractivity (Wildman–Crippen MR) is 77.5 cm³/mol. The van der Waals surface area contributed by atoms with Crippen molar-refractivity contribution in [1.29, 1.82) is 0 Å². The van der Waals surface area contributed by atoms with Crippen LogP contribution in [0.5, 0.6) is 0 Å². The quantitative estimate of drug-likeness (QED) is 0.739. The van der Waals surface area contributed by atoms with Gasteiger partial charge in [-0.2, -0.15) is 0 Å². The zero-order valence-electron chi connectivity index (χ0n) is 12.5. The second-order valence-corrected chi connectivity index (χ2v) is 4.62. The lowest BCUT2D eigenvalue weighted by Crippen LogP contribution is -2.34. The van der Waals surface area contributed by atoms with Gasteiger partial charge in [-0.1, -0.05) is 30.3 Å². The number of hydrogen-bond acceptors (Lipinski definition) is 5. The molecule has 0 spiro atoms. The van der Waals surface area contributed by atoms with Crippen molar-refractivity contribution >= 4 is 11.9 Å². The van der Waals surface area contributed by atoms with Crippen molar-refractivity contribution in [2.45, 2.75) is 32.8 Å². The maximum absolute atomic E-state index is 12.0. The minimum absolute atomic E-state index is 0.218. The lowest BCUT2D eigenvalue weighted by molar-refractivity contribution is -0.154. The third-order valence-corrected chi connectivity index (χ3v) is 3.03. The summed E-state index contributed by atoms with van der Waals surface area (Å²) in [5, 5.41) is 10.2. The van der Waals surface area contributed by atoms with Crippen molar-refractivity contribution in [2.24, 2.45) is 5.92 Å². The zero-order valence-corrected chi connectivity index (χ0v) is 12.5. The highest BCUT2D eigenvalue weighted by atomic mass is 16.5. The topological polar surface area (TPSA) is 72.8 Å². The van der Waals surface area contributed by atoms with Crippen LogP contribution in [0.2, 0.25) is 0 Å². The SMILES string of the molecule is CCOC(=O)C[C@@H](O)[C@@H](Cc1ccccc1)C(=O)OCC. The Morgan fingerprint density at radius 3 is 2.29 bits per heavy atom. The minimum Gasteiger partial charge on any atom is -0.466 e. The molecule has 0 unspecified atom stereocenters. The van der Waals surface area contributed by atoms with E-state index in [9.17, 15) is 14.7 Å². The molecule has 116 valence electrons. The van der Waals surface area contributed by atoms with Crippen molar-refractivity contribution in [2.75, 3.05) is 13.2 Å². The van der Waals surface area contributed by atoms with E-state index >= 15 is 0 Å². The Bertz CT molecular complexity index is 443. The van der Waals surface area contributed by atoms with E-state index < -0.39 is 24.0 Å². The predicted octanol–water partition coefficient (Wildman–Crippen LogP) is 1.72. The van der Waals surface area contributed by atoms with Gasteiger partial charge in [-0.05, 0) is 25.8 Å². The number of hydrogen-bond donors (Lipinski definition) is 1. The van der Waals surface area contributed by atoms with Crippen LogP contribution in [0.15, 0.2) is 30.3 Å². The average molecular weight is 294 g/mol. The van der Waals surface area contributed by atoms with E-state index in [4.69, 9.17) is 9.47 Å². The molecule has 0 saturated carbocycles. The van der Waals surface area contributed by atoms with E-state index in [0.29, 0.717) is 6.42 Å². The van der Waals surface area contributed by atoms with Gasteiger partial charge in [0, 0.05) is 0 Å². The molecular weight excluding hydrogens is 272 g/mol. The fraction of sp³-hybridized carbons (Fsp3) is 0.500. The number of aliphatic hydroxyl groups excluding tert-OH is 1. The minimum atomic E-state index is -1.12. The maximum atomic E-state index is 12.0. The van der Waals surface area contributed by atoms with Crippen LogP contribution in [-0.4, -0.2) is 36.4 Å². The van der Waals surface area contributed by atoms with E-state index in [1.165, 1.54) is 0 Å². The van der Waals surface area contributed by atoms with E-state index in [1.54, 1.807) is 13.8 Å².